The average Bonchev–Trinajstić information content (AvgIpc) is 3.10. The zero-order valence-corrected chi connectivity index (χ0v) is 33.1. The molecule has 4 saturated carbocycles. The first-order valence-electron chi connectivity index (χ1n) is 20.2. The van der Waals surface area contributed by atoms with Gasteiger partial charge in [0.2, 0.25) is 0 Å². The third-order valence-electron chi connectivity index (χ3n) is 16.9. The molecule has 14 nitrogen and oxygen atoms in total. The van der Waals surface area contributed by atoms with E-state index in [1.165, 1.54) is 0 Å². The molecule has 0 amide bonds. The number of ether oxygens (including phenoxy) is 4. The Balaban J connectivity index is 1.17. The van der Waals surface area contributed by atoms with Crippen LogP contribution in [0.25, 0.3) is 0 Å². The van der Waals surface area contributed by atoms with Gasteiger partial charge in [0.1, 0.15) is 36.6 Å². The fourth-order valence-corrected chi connectivity index (χ4v) is 13.1. The third-order valence-corrected chi connectivity index (χ3v) is 16.9. The summed E-state index contributed by atoms with van der Waals surface area (Å²) in [5, 5.41) is 72.8. The van der Waals surface area contributed by atoms with Crippen molar-refractivity contribution in [3.8, 4) is 0 Å². The molecule has 310 valence electrons. The Bertz CT molecular complexity index is 1600. The molecule has 18 atom stereocenters. The van der Waals surface area contributed by atoms with Gasteiger partial charge < -0.3 is 54.7 Å². The Morgan fingerprint density at radius 3 is 2.11 bits per heavy atom. The highest BCUT2D eigenvalue weighted by molar-refractivity contribution is 5.95. The molecule has 0 aromatic carbocycles. The number of ketones is 1. The van der Waals surface area contributed by atoms with Gasteiger partial charge in [0.25, 0.3) is 0 Å². The molecule has 7 rings (SSSR count). The van der Waals surface area contributed by atoms with Gasteiger partial charge in [0, 0.05) is 5.92 Å². The zero-order valence-electron chi connectivity index (χ0n) is 33.1. The molecule has 0 aromatic heterocycles. The van der Waals surface area contributed by atoms with Gasteiger partial charge in [-0.05, 0) is 110 Å². The number of carbonyl (C=O) groups is 3. The van der Waals surface area contributed by atoms with Crippen LogP contribution in [0.1, 0.15) is 106 Å². The van der Waals surface area contributed by atoms with Crippen LogP contribution >= 0.6 is 0 Å². The predicted octanol–water partition coefficient (Wildman–Crippen LogP) is 2.79. The summed E-state index contributed by atoms with van der Waals surface area (Å²) < 4.78 is 23.7. The van der Waals surface area contributed by atoms with Crippen LogP contribution in [0.2, 0.25) is 0 Å². The molecular weight excluding hydrogens is 716 g/mol. The van der Waals surface area contributed by atoms with Crippen molar-refractivity contribution in [2.45, 2.75) is 168 Å². The number of aliphatic hydroxyl groups excluding tert-OH is 5. The van der Waals surface area contributed by atoms with Crippen molar-refractivity contribution < 1.29 is 69.1 Å². The van der Waals surface area contributed by atoms with E-state index in [0.717, 1.165) is 37.7 Å². The van der Waals surface area contributed by atoms with Crippen LogP contribution in [-0.2, 0) is 33.3 Å². The molecule has 0 radical (unpaired) electrons. The molecule has 0 spiro atoms. The standard InChI is InChI=1S/C41H62O14/c1-36(2)23-8-11-41(7)31(21(42)16-19-20-17-38(4,35(50)51)13-12-37(20,3)14-15-40(19,41)6)39(23,5)10-9-24(36)53-34-30(27(46)26(45)29(54-34)32(48)49)55-33-28(47)25(44)22(43)18-52-33/h16,20,22-31,33-34,43-47H,8-15,17-18H2,1-7H3,(H,48,49)(H,50,51)/t20-,22-,23-,24-,25-,26-,27-,28+,29-,30+,31+,33-,34+,37+,38-,39-,40+,41+/m0/s1. The molecule has 14 heteroatoms. The van der Waals surface area contributed by atoms with Crippen LogP contribution in [-0.4, -0.2) is 121 Å². The fraction of sp³-hybridized carbons (Fsp3) is 0.878. The minimum atomic E-state index is -1.92. The first kappa shape index (κ1) is 41.2. The van der Waals surface area contributed by atoms with Crippen LogP contribution in [0.4, 0.5) is 0 Å². The summed E-state index contributed by atoms with van der Waals surface area (Å²) in [5.41, 5.74) is -1.48. The number of hydrogen-bond acceptors (Lipinski definition) is 12. The molecule has 55 heavy (non-hydrogen) atoms. The normalized spacial score (nSPS) is 53.5. The predicted molar refractivity (Wildman–Crippen MR) is 193 cm³/mol. The quantitative estimate of drug-likeness (QED) is 0.193. The van der Waals surface area contributed by atoms with Crippen LogP contribution in [0.15, 0.2) is 11.6 Å². The van der Waals surface area contributed by atoms with Gasteiger partial charge in [-0.3, -0.25) is 9.59 Å². The highest BCUT2D eigenvalue weighted by Crippen LogP contribution is 2.75. The Labute approximate surface area is 322 Å². The van der Waals surface area contributed by atoms with Gasteiger partial charge in [-0.1, -0.05) is 47.1 Å². The number of aliphatic carboxylic acids is 2. The minimum Gasteiger partial charge on any atom is -0.481 e. The lowest BCUT2D eigenvalue weighted by molar-refractivity contribution is -0.365. The van der Waals surface area contributed by atoms with Crippen molar-refractivity contribution in [2.24, 2.45) is 50.2 Å². The van der Waals surface area contributed by atoms with E-state index in [4.69, 9.17) is 18.9 Å². The Hall–Kier alpha value is -2.01. The number of aliphatic hydroxyl groups is 5. The topological polar surface area (TPSA) is 230 Å². The smallest absolute Gasteiger partial charge is 0.335 e. The minimum absolute atomic E-state index is 0.0107. The Kier molecular flexibility index (Phi) is 10.1. The first-order chi connectivity index (χ1) is 25.4. The van der Waals surface area contributed by atoms with E-state index in [9.17, 15) is 50.1 Å². The number of hydrogen-bond donors (Lipinski definition) is 7. The second kappa shape index (κ2) is 13.5. The zero-order chi connectivity index (χ0) is 40.4. The summed E-state index contributed by atoms with van der Waals surface area (Å²) in [6.07, 6.45) is -7.13. The van der Waals surface area contributed by atoms with E-state index in [2.05, 4.69) is 41.5 Å². The van der Waals surface area contributed by atoms with Crippen molar-refractivity contribution in [3.05, 3.63) is 11.6 Å². The van der Waals surface area contributed by atoms with Crippen molar-refractivity contribution in [3.63, 3.8) is 0 Å². The van der Waals surface area contributed by atoms with Gasteiger partial charge in [-0.25, -0.2) is 4.79 Å². The van der Waals surface area contributed by atoms with Crippen LogP contribution < -0.4 is 0 Å². The highest BCUT2D eigenvalue weighted by Gasteiger charge is 2.71. The number of allylic oxidation sites excluding steroid dienone is 2. The molecule has 6 fully saturated rings. The van der Waals surface area contributed by atoms with Crippen molar-refractivity contribution in [2.75, 3.05) is 6.61 Å². The van der Waals surface area contributed by atoms with Crippen molar-refractivity contribution in [1.82, 2.24) is 0 Å². The van der Waals surface area contributed by atoms with Gasteiger partial charge >= 0.3 is 11.9 Å². The molecule has 0 bridgehead atoms. The Morgan fingerprint density at radius 2 is 1.45 bits per heavy atom. The molecule has 0 aromatic rings. The maximum Gasteiger partial charge on any atom is 0.335 e. The van der Waals surface area contributed by atoms with E-state index in [0.29, 0.717) is 25.7 Å². The monoisotopic (exact) mass is 778 g/mol. The lowest BCUT2D eigenvalue weighted by Crippen LogP contribution is -2.68. The lowest BCUT2D eigenvalue weighted by Gasteiger charge is -2.70. The number of fused-ring (bicyclic) bond motifs is 7. The van der Waals surface area contributed by atoms with Crippen LogP contribution in [0.5, 0.6) is 0 Å². The molecule has 2 aliphatic heterocycles. The third kappa shape index (κ3) is 6.01. The lowest BCUT2D eigenvalue weighted by atomic mass is 9.33. The van der Waals surface area contributed by atoms with Crippen LogP contribution in [0, 0.1) is 50.2 Å². The number of carboxylic acid groups (broad SMARTS) is 2. The fourth-order valence-electron chi connectivity index (χ4n) is 13.1. The van der Waals surface area contributed by atoms with E-state index >= 15 is 0 Å². The van der Waals surface area contributed by atoms with Gasteiger partial charge in [-0.2, -0.15) is 0 Å². The number of carbonyl (C=O) groups excluding carboxylic acids is 1. The first-order valence-corrected chi connectivity index (χ1v) is 20.2. The van der Waals surface area contributed by atoms with Crippen molar-refractivity contribution >= 4 is 17.7 Å². The molecular formula is C41H62O14. The van der Waals surface area contributed by atoms with E-state index < -0.39 is 89.6 Å². The summed E-state index contributed by atoms with van der Waals surface area (Å²) in [5.74, 6) is -2.50. The van der Waals surface area contributed by atoms with E-state index in [1.807, 2.05) is 13.0 Å². The molecule has 7 aliphatic rings. The van der Waals surface area contributed by atoms with Crippen LogP contribution in [0.3, 0.4) is 0 Å². The number of carboxylic acids is 2. The van der Waals surface area contributed by atoms with Crippen molar-refractivity contribution in [1.29, 1.82) is 0 Å². The maximum absolute atomic E-state index is 14.8. The summed E-state index contributed by atoms with van der Waals surface area (Å²) in [6, 6.07) is 0. The second-order valence-electron chi connectivity index (χ2n) is 20.1. The molecule has 0 unspecified atom stereocenters. The second-order valence-corrected chi connectivity index (χ2v) is 20.1. The summed E-state index contributed by atoms with van der Waals surface area (Å²) >= 11 is 0. The molecule has 7 N–H and O–H groups in total. The molecule has 2 heterocycles. The SMILES string of the molecule is CC1(C)[C@@H](O[C@@H]2O[C@H](C(=O)O)[C@@H](O)[C@H](O)[C@H]2O[C@@H]2OC[C@H](O)[C@H](O)[C@H]2O)CC[C@]2(C)[C@H]3C(=O)C=C4[C@@H]5C[C@@](C)(C(=O)O)CC[C@]5(C)CC[C@@]4(C)[C@]3(C)CC[C@@H]12. The van der Waals surface area contributed by atoms with Gasteiger partial charge in [-0.15, -0.1) is 0 Å². The van der Waals surface area contributed by atoms with Gasteiger partial charge in [0.15, 0.2) is 24.5 Å². The van der Waals surface area contributed by atoms with E-state index in [-0.39, 0.29) is 46.4 Å². The maximum atomic E-state index is 14.8. The van der Waals surface area contributed by atoms with E-state index in [1.54, 1.807) is 0 Å². The summed E-state index contributed by atoms with van der Waals surface area (Å²) in [7, 11) is 0. The molecule has 5 aliphatic carbocycles. The van der Waals surface area contributed by atoms with Gasteiger partial charge in [0.05, 0.1) is 18.1 Å². The molecule has 2 saturated heterocycles. The Morgan fingerprint density at radius 1 is 0.782 bits per heavy atom. The summed E-state index contributed by atoms with van der Waals surface area (Å²) in [6.45, 7) is 14.7. The largest absolute Gasteiger partial charge is 0.481 e. The average molecular weight is 779 g/mol. The number of rotatable bonds is 6. The highest BCUT2D eigenvalue weighted by atomic mass is 16.8. The summed E-state index contributed by atoms with van der Waals surface area (Å²) in [4.78, 5) is 39.4.